The van der Waals surface area contributed by atoms with Crippen LogP contribution in [0.25, 0.3) is 6.08 Å². The Kier molecular flexibility index (Phi) is 1.76. The Morgan fingerprint density at radius 2 is 2.45 bits per heavy atom. The number of nitro groups is 1. The normalized spacial score (nSPS) is 9.55. The Morgan fingerprint density at radius 3 is 2.73 bits per heavy atom. The van der Waals surface area contributed by atoms with Crippen LogP contribution in [0.5, 0.6) is 0 Å². The summed E-state index contributed by atoms with van der Waals surface area (Å²) in [6.45, 7) is 3.52. The molecule has 0 aliphatic heterocycles. The second-order valence-corrected chi connectivity index (χ2v) is 2.20. The van der Waals surface area contributed by atoms with Gasteiger partial charge in [-0.15, -0.1) is 0 Å². The predicted molar refractivity (Wildman–Crippen MR) is 42.2 cm³/mol. The summed E-state index contributed by atoms with van der Waals surface area (Å²) >= 11 is 0. The van der Waals surface area contributed by atoms with Gasteiger partial charge in [-0.05, 0) is 6.08 Å². The Hall–Kier alpha value is -1.58. The highest BCUT2D eigenvalue weighted by atomic mass is 16.6. The molecule has 11 heavy (non-hydrogen) atoms. The molecule has 1 heterocycles. The van der Waals surface area contributed by atoms with Crippen molar-refractivity contribution in [2.75, 3.05) is 0 Å². The SMILES string of the molecule is C=Cc1cc([N+](=O)[O-])cn1C. The lowest BCUT2D eigenvalue weighted by Crippen LogP contribution is -1.86. The van der Waals surface area contributed by atoms with Gasteiger partial charge < -0.3 is 4.57 Å². The lowest BCUT2D eigenvalue weighted by atomic mass is 10.4. The topological polar surface area (TPSA) is 48.1 Å². The average Bonchev–Trinajstić information content (AvgIpc) is 2.31. The second-order valence-electron chi connectivity index (χ2n) is 2.20. The number of aryl methyl sites for hydroxylation is 1. The summed E-state index contributed by atoms with van der Waals surface area (Å²) in [7, 11) is 1.74. The second kappa shape index (κ2) is 2.57. The quantitative estimate of drug-likeness (QED) is 0.477. The molecule has 0 fully saturated rings. The zero-order valence-electron chi connectivity index (χ0n) is 6.15. The first kappa shape index (κ1) is 7.53. The number of rotatable bonds is 2. The molecule has 0 unspecified atom stereocenters. The molecule has 0 amide bonds. The third-order valence-electron chi connectivity index (χ3n) is 1.45. The van der Waals surface area contributed by atoms with Gasteiger partial charge in [0.1, 0.15) is 0 Å². The highest BCUT2D eigenvalue weighted by Gasteiger charge is 2.08. The monoisotopic (exact) mass is 152 g/mol. The molecule has 0 aliphatic rings. The third kappa shape index (κ3) is 1.29. The van der Waals surface area contributed by atoms with Crippen LogP contribution in [0.1, 0.15) is 5.69 Å². The molecular formula is C7H8N2O2. The molecule has 4 heteroatoms. The zero-order valence-corrected chi connectivity index (χ0v) is 6.15. The molecule has 0 aromatic carbocycles. The van der Waals surface area contributed by atoms with E-state index in [1.54, 1.807) is 17.7 Å². The van der Waals surface area contributed by atoms with Crippen molar-refractivity contribution in [1.82, 2.24) is 4.57 Å². The smallest absolute Gasteiger partial charge is 0.287 e. The van der Waals surface area contributed by atoms with Crippen molar-refractivity contribution in [3.8, 4) is 0 Å². The lowest BCUT2D eigenvalue weighted by Gasteiger charge is -1.90. The largest absolute Gasteiger partial charge is 0.345 e. The van der Waals surface area contributed by atoms with Crippen LogP contribution >= 0.6 is 0 Å². The van der Waals surface area contributed by atoms with Crippen molar-refractivity contribution in [3.63, 3.8) is 0 Å². The summed E-state index contributed by atoms with van der Waals surface area (Å²) < 4.78 is 1.66. The first-order valence-electron chi connectivity index (χ1n) is 3.08. The molecule has 0 saturated heterocycles. The van der Waals surface area contributed by atoms with Crippen LogP contribution in [0.2, 0.25) is 0 Å². The Bertz CT molecular complexity index is 301. The van der Waals surface area contributed by atoms with Crippen molar-refractivity contribution >= 4 is 11.8 Å². The predicted octanol–water partition coefficient (Wildman–Crippen LogP) is 1.58. The van der Waals surface area contributed by atoms with E-state index in [0.29, 0.717) is 0 Å². The summed E-state index contributed by atoms with van der Waals surface area (Å²) in [5.74, 6) is 0. The lowest BCUT2D eigenvalue weighted by molar-refractivity contribution is -0.384. The van der Waals surface area contributed by atoms with Crippen LogP contribution < -0.4 is 0 Å². The van der Waals surface area contributed by atoms with Crippen molar-refractivity contribution in [2.24, 2.45) is 7.05 Å². The van der Waals surface area contributed by atoms with Gasteiger partial charge in [-0.2, -0.15) is 0 Å². The highest BCUT2D eigenvalue weighted by molar-refractivity contribution is 5.48. The molecule has 1 rings (SSSR count). The number of aromatic nitrogens is 1. The first-order chi connectivity index (χ1) is 5.15. The molecule has 0 bridgehead atoms. The molecular weight excluding hydrogens is 144 g/mol. The van der Waals surface area contributed by atoms with E-state index >= 15 is 0 Å². The van der Waals surface area contributed by atoms with Crippen molar-refractivity contribution in [3.05, 3.63) is 34.7 Å². The van der Waals surface area contributed by atoms with E-state index < -0.39 is 4.92 Å². The van der Waals surface area contributed by atoms with Gasteiger partial charge in [0.25, 0.3) is 5.69 Å². The summed E-state index contributed by atoms with van der Waals surface area (Å²) in [5.41, 5.74) is 0.846. The van der Waals surface area contributed by atoms with Gasteiger partial charge in [0.15, 0.2) is 0 Å². The van der Waals surface area contributed by atoms with E-state index in [0.717, 1.165) is 5.69 Å². The molecule has 58 valence electrons. The Labute approximate surface area is 63.9 Å². The number of hydrogen-bond donors (Lipinski definition) is 0. The summed E-state index contributed by atoms with van der Waals surface area (Å²) in [6, 6.07) is 1.48. The first-order valence-corrected chi connectivity index (χ1v) is 3.08. The molecule has 1 aromatic rings. The van der Waals surface area contributed by atoms with Gasteiger partial charge in [-0.25, -0.2) is 0 Å². The van der Waals surface area contributed by atoms with Crippen LogP contribution in [0, 0.1) is 10.1 Å². The van der Waals surface area contributed by atoms with Gasteiger partial charge in [0, 0.05) is 18.8 Å². The van der Waals surface area contributed by atoms with Crippen LogP contribution in [0.4, 0.5) is 5.69 Å². The van der Waals surface area contributed by atoms with Gasteiger partial charge in [-0.3, -0.25) is 10.1 Å². The minimum absolute atomic E-state index is 0.0994. The van der Waals surface area contributed by atoms with Crippen LogP contribution in [-0.2, 0) is 7.05 Å². The zero-order chi connectivity index (χ0) is 8.43. The molecule has 0 N–H and O–H groups in total. The maximum atomic E-state index is 10.2. The average molecular weight is 152 g/mol. The summed E-state index contributed by atoms with van der Waals surface area (Å²) in [6.07, 6.45) is 3.03. The molecule has 0 radical (unpaired) electrons. The van der Waals surface area contributed by atoms with E-state index in [1.807, 2.05) is 0 Å². The molecule has 0 saturated carbocycles. The van der Waals surface area contributed by atoms with Gasteiger partial charge in [0.05, 0.1) is 11.1 Å². The summed E-state index contributed by atoms with van der Waals surface area (Å²) in [4.78, 5) is 9.82. The van der Waals surface area contributed by atoms with E-state index in [-0.39, 0.29) is 5.69 Å². The maximum Gasteiger partial charge on any atom is 0.287 e. The summed E-state index contributed by atoms with van der Waals surface area (Å²) in [5, 5.41) is 10.2. The van der Waals surface area contributed by atoms with Gasteiger partial charge in [-0.1, -0.05) is 6.58 Å². The van der Waals surface area contributed by atoms with E-state index in [9.17, 15) is 10.1 Å². The van der Waals surface area contributed by atoms with Crippen molar-refractivity contribution < 1.29 is 4.92 Å². The fraction of sp³-hybridized carbons (Fsp3) is 0.143. The highest BCUT2D eigenvalue weighted by Crippen LogP contribution is 2.15. The number of nitrogens with zero attached hydrogens (tertiary/aromatic N) is 2. The Morgan fingerprint density at radius 1 is 1.82 bits per heavy atom. The standard InChI is InChI=1S/C7H8N2O2/c1-3-6-4-7(9(10)11)5-8(6)2/h3-5H,1H2,2H3. The minimum Gasteiger partial charge on any atom is -0.345 e. The van der Waals surface area contributed by atoms with Crippen LogP contribution in [0.3, 0.4) is 0 Å². The molecule has 0 atom stereocenters. The van der Waals surface area contributed by atoms with E-state index in [1.165, 1.54) is 12.3 Å². The van der Waals surface area contributed by atoms with Gasteiger partial charge in [0.2, 0.25) is 0 Å². The van der Waals surface area contributed by atoms with Crippen molar-refractivity contribution in [2.45, 2.75) is 0 Å². The fourth-order valence-corrected chi connectivity index (χ4v) is 0.866. The molecule has 0 aliphatic carbocycles. The van der Waals surface area contributed by atoms with Gasteiger partial charge >= 0.3 is 0 Å². The van der Waals surface area contributed by atoms with Crippen LogP contribution in [0.15, 0.2) is 18.8 Å². The molecule has 4 nitrogen and oxygen atoms in total. The molecule has 0 spiro atoms. The third-order valence-corrected chi connectivity index (χ3v) is 1.45. The fourth-order valence-electron chi connectivity index (χ4n) is 0.866. The van der Waals surface area contributed by atoms with Crippen molar-refractivity contribution in [1.29, 1.82) is 0 Å². The number of hydrogen-bond acceptors (Lipinski definition) is 2. The van der Waals surface area contributed by atoms with E-state index in [2.05, 4.69) is 6.58 Å². The van der Waals surface area contributed by atoms with Crippen LogP contribution in [-0.4, -0.2) is 9.49 Å². The van der Waals surface area contributed by atoms with E-state index in [4.69, 9.17) is 0 Å². The Balaban J connectivity index is 3.14. The molecule has 1 aromatic heterocycles. The minimum atomic E-state index is -0.424. The maximum absolute atomic E-state index is 10.2.